The van der Waals surface area contributed by atoms with Gasteiger partial charge in [0.2, 0.25) is 0 Å². The molecule has 0 spiro atoms. The predicted molar refractivity (Wildman–Crippen MR) is 151 cm³/mol. The lowest BCUT2D eigenvalue weighted by Crippen LogP contribution is -2.33. The fraction of sp³-hybridized carbons (Fsp3) is 0.344. The van der Waals surface area contributed by atoms with E-state index in [4.69, 9.17) is 4.74 Å². The van der Waals surface area contributed by atoms with Crippen molar-refractivity contribution in [2.45, 2.75) is 66.3 Å². The van der Waals surface area contributed by atoms with Crippen LogP contribution in [-0.2, 0) is 22.6 Å². The number of carboxylic acids is 1. The first-order valence-corrected chi connectivity index (χ1v) is 13.1. The van der Waals surface area contributed by atoms with Crippen LogP contribution in [-0.4, -0.2) is 40.4 Å². The lowest BCUT2D eigenvalue weighted by molar-refractivity contribution is -0.160. The lowest BCUT2D eigenvalue weighted by Gasteiger charge is -2.32. The van der Waals surface area contributed by atoms with Gasteiger partial charge in [0.05, 0.1) is 11.3 Å². The average molecular weight is 547 g/mol. The predicted octanol–water partition coefficient (Wildman–Crippen LogP) is 6.12. The molecule has 0 aliphatic carbocycles. The number of rotatable bonds is 6. The molecule has 1 atom stereocenters. The monoisotopic (exact) mass is 546 g/mol. The molecule has 0 aromatic heterocycles. The lowest BCUT2D eigenvalue weighted by atomic mass is 9.88. The first kappa shape index (κ1) is 29.0. The van der Waals surface area contributed by atoms with Crippen molar-refractivity contribution in [2.75, 3.05) is 11.9 Å². The number of hydrogen-bond donors (Lipinski definition) is 1. The first-order chi connectivity index (χ1) is 18.7. The molecule has 1 heterocycles. The Balaban J connectivity index is 1.88. The zero-order chi connectivity index (χ0) is 29.5. The number of aryl methyl sites for hydroxylation is 1. The number of nitrogens with zero attached hydrogens (tertiary/aromatic N) is 2. The van der Waals surface area contributed by atoms with Gasteiger partial charge in [-0.05, 0) is 94.1 Å². The summed E-state index contributed by atoms with van der Waals surface area (Å²) in [6.07, 6.45) is -1.36. The Morgan fingerprint density at radius 1 is 0.950 bits per heavy atom. The van der Waals surface area contributed by atoms with Crippen LogP contribution in [0.2, 0.25) is 0 Å². The van der Waals surface area contributed by atoms with E-state index in [9.17, 15) is 23.9 Å². The van der Waals surface area contributed by atoms with Crippen molar-refractivity contribution in [2.24, 2.45) is 0 Å². The highest BCUT2D eigenvalue weighted by Gasteiger charge is 2.38. The third kappa shape index (κ3) is 5.63. The molecular formula is C32H35FN2O5. The summed E-state index contributed by atoms with van der Waals surface area (Å²) in [4.78, 5) is 42.7. The standard InChI is InChI=1S/C32H35FN2O5/c1-18-11-13-21(14-12-18)29(36)34(7)27-20(3)25-17-35(30(37)22-9-8-10-23(33)15-22)16-24(25)19(2)26(27)28(31(38)39)40-32(4,5)6/h8-15,28H,16-17H2,1-7H3,(H,38,39). The highest BCUT2D eigenvalue weighted by atomic mass is 19.1. The normalized spacial score (nSPS) is 13.7. The molecule has 0 fully saturated rings. The van der Waals surface area contributed by atoms with Crippen LogP contribution < -0.4 is 4.90 Å². The van der Waals surface area contributed by atoms with Crippen molar-refractivity contribution < 1.29 is 28.6 Å². The number of carbonyl (C=O) groups excluding carboxylic acids is 2. The van der Waals surface area contributed by atoms with Gasteiger partial charge in [-0.3, -0.25) is 9.59 Å². The van der Waals surface area contributed by atoms with Crippen LogP contribution in [0.15, 0.2) is 48.5 Å². The number of fused-ring (bicyclic) bond motifs is 1. The molecule has 0 saturated carbocycles. The van der Waals surface area contributed by atoms with E-state index in [1.807, 2.05) is 26.0 Å². The Kier molecular flexibility index (Phi) is 7.85. The minimum Gasteiger partial charge on any atom is -0.479 e. The second-order valence-corrected chi connectivity index (χ2v) is 11.3. The van der Waals surface area contributed by atoms with Crippen LogP contribution in [0, 0.1) is 26.6 Å². The van der Waals surface area contributed by atoms with Gasteiger partial charge in [0, 0.05) is 36.8 Å². The smallest absolute Gasteiger partial charge is 0.337 e. The number of carbonyl (C=O) groups is 3. The molecule has 1 aliphatic rings. The Hall–Kier alpha value is -4.04. The molecule has 40 heavy (non-hydrogen) atoms. The summed E-state index contributed by atoms with van der Waals surface area (Å²) in [6, 6.07) is 12.7. The van der Waals surface area contributed by atoms with Crippen LogP contribution in [0.4, 0.5) is 10.1 Å². The minimum absolute atomic E-state index is 0.224. The Bertz CT molecular complexity index is 1490. The van der Waals surface area contributed by atoms with E-state index in [0.717, 1.165) is 16.7 Å². The van der Waals surface area contributed by atoms with Crippen molar-refractivity contribution >= 4 is 23.5 Å². The van der Waals surface area contributed by atoms with Crippen LogP contribution in [0.25, 0.3) is 0 Å². The van der Waals surface area contributed by atoms with E-state index in [1.54, 1.807) is 57.8 Å². The summed E-state index contributed by atoms with van der Waals surface area (Å²) >= 11 is 0. The zero-order valence-electron chi connectivity index (χ0n) is 24.0. The van der Waals surface area contributed by atoms with Gasteiger partial charge in [-0.1, -0.05) is 23.8 Å². The Morgan fingerprint density at radius 2 is 1.55 bits per heavy atom. The summed E-state index contributed by atoms with van der Waals surface area (Å²) in [6.45, 7) is 11.4. The molecule has 8 heteroatoms. The maximum absolute atomic E-state index is 13.9. The van der Waals surface area contributed by atoms with Gasteiger partial charge in [-0.15, -0.1) is 0 Å². The number of benzene rings is 3. The molecule has 3 aromatic carbocycles. The Morgan fingerprint density at radius 3 is 2.10 bits per heavy atom. The van der Waals surface area contributed by atoms with Crippen molar-refractivity contribution in [3.05, 3.63) is 98.9 Å². The highest BCUT2D eigenvalue weighted by molar-refractivity contribution is 6.07. The van der Waals surface area contributed by atoms with E-state index >= 15 is 0 Å². The fourth-order valence-electron chi connectivity index (χ4n) is 5.28. The van der Waals surface area contributed by atoms with Gasteiger partial charge < -0.3 is 19.6 Å². The van der Waals surface area contributed by atoms with E-state index in [0.29, 0.717) is 27.9 Å². The van der Waals surface area contributed by atoms with Crippen LogP contribution in [0.1, 0.15) is 81.0 Å². The van der Waals surface area contributed by atoms with Gasteiger partial charge >= 0.3 is 5.97 Å². The number of halogens is 1. The summed E-state index contributed by atoms with van der Waals surface area (Å²) in [5.74, 6) is -2.31. The Labute approximate surface area is 234 Å². The molecule has 210 valence electrons. The molecule has 7 nitrogen and oxygen atoms in total. The quantitative estimate of drug-likeness (QED) is 0.402. The molecule has 1 unspecified atom stereocenters. The SMILES string of the molecule is Cc1ccc(C(=O)N(C)c2c(C)c3c(c(C)c2C(OC(C)(C)C)C(=O)O)CN(C(=O)c2cccc(F)c2)C3)cc1. The first-order valence-electron chi connectivity index (χ1n) is 13.1. The van der Waals surface area contributed by atoms with Gasteiger partial charge in [-0.2, -0.15) is 0 Å². The topological polar surface area (TPSA) is 87.2 Å². The van der Waals surface area contributed by atoms with Gasteiger partial charge in [-0.25, -0.2) is 9.18 Å². The minimum atomic E-state index is -1.36. The summed E-state index contributed by atoms with van der Waals surface area (Å²) < 4.78 is 19.9. The molecule has 1 aliphatic heterocycles. The van der Waals surface area contributed by atoms with E-state index < -0.39 is 23.5 Å². The molecular weight excluding hydrogens is 511 g/mol. The van der Waals surface area contributed by atoms with Crippen LogP contribution >= 0.6 is 0 Å². The number of carboxylic acid groups (broad SMARTS) is 1. The van der Waals surface area contributed by atoms with Crippen molar-refractivity contribution in [1.82, 2.24) is 4.90 Å². The maximum atomic E-state index is 13.9. The third-order valence-electron chi connectivity index (χ3n) is 7.24. The molecule has 0 saturated heterocycles. The second-order valence-electron chi connectivity index (χ2n) is 11.3. The number of aliphatic carboxylic acids is 1. The van der Waals surface area contributed by atoms with Crippen LogP contribution in [0.3, 0.4) is 0 Å². The zero-order valence-corrected chi connectivity index (χ0v) is 24.0. The summed E-state index contributed by atoms with van der Waals surface area (Å²) in [5.41, 5.74) is 4.71. The summed E-state index contributed by atoms with van der Waals surface area (Å²) in [5, 5.41) is 10.3. The largest absolute Gasteiger partial charge is 0.479 e. The number of anilines is 1. The van der Waals surface area contributed by atoms with E-state index in [-0.39, 0.29) is 30.5 Å². The molecule has 0 bridgehead atoms. The molecule has 0 radical (unpaired) electrons. The number of ether oxygens (including phenoxy) is 1. The van der Waals surface area contributed by atoms with Crippen molar-refractivity contribution in [3.8, 4) is 0 Å². The highest BCUT2D eigenvalue weighted by Crippen LogP contribution is 2.43. The second kappa shape index (κ2) is 10.8. The van der Waals surface area contributed by atoms with Crippen molar-refractivity contribution in [1.29, 1.82) is 0 Å². The van der Waals surface area contributed by atoms with E-state index in [2.05, 4.69) is 0 Å². The van der Waals surface area contributed by atoms with Crippen molar-refractivity contribution in [3.63, 3.8) is 0 Å². The number of amides is 2. The fourth-order valence-corrected chi connectivity index (χ4v) is 5.28. The molecule has 1 N–H and O–H groups in total. The van der Waals surface area contributed by atoms with Gasteiger partial charge in [0.15, 0.2) is 6.10 Å². The van der Waals surface area contributed by atoms with Gasteiger partial charge in [0.1, 0.15) is 5.82 Å². The van der Waals surface area contributed by atoms with E-state index in [1.165, 1.54) is 23.1 Å². The van der Waals surface area contributed by atoms with Gasteiger partial charge in [0.25, 0.3) is 11.8 Å². The average Bonchev–Trinajstić information content (AvgIpc) is 3.34. The van der Waals surface area contributed by atoms with Crippen LogP contribution in [0.5, 0.6) is 0 Å². The molecule has 2 amide bonds. The summed E-state index contributed by atoms with van der Waals surface area (Å²) in [7, 11) is 1.63. The molecule has 4 rings (SSSR count). The number of hydrogen-bond acceptors (Lipinski definition) is 4. The molecule has 3 aromatic rings. The maximum Gasteiger partial charge on any atom is 0.337 e. The third-order valence-corrected chi connectivity index (χ3v) is 7.24.